The molecule has 0 aromatic rings. The van der Waals surface area contributed by atoms with Crippen molar-refractivity contribution in [2.45, 2.75) is 121 Å². The minimum Gasteiger partial charge on any atom is -0.472 e. The first kappa shape index (κ1) is 34.8. The highest BCUT2D eigenvalue weighted by Crippen LogP contribution is 2.48. The van der Waals surface area contributed by atoms with E-state index in [-0.39, 0.29) is 18.6 Å². The number of ether oxygens (including phenoxy) is 3. The minimum absolute atomic E-state index is 0.0893. The molecule has 0 aliphatic rings. The molecule has 0 aliphatic heterocycles. The summed E-state index contributed by atoms with van der Waals surface area (Å²) in [6.07, 6.45) is 20.5. The van der Waals surface area contributed by atoms with Crippen molar-refractivity contribution >= 4 is 25.3 Å². The van der Waals surface area contributed by atoms with Crippen LogP contribution in [0.2, 0.25) is 0 Å². The Morgan fingerprint density at radius 2 is 1.23 bits per heavy atom. The normalized spacial score (nSPS) is 14.7. The van der Waals surface area contributed by atoms with E-state index in [9.17, 15) is 19.4 Å². The second kappa shape index (κ2) is 21.9. The summed E-state index contributed by atoms with van der Waals surface area (Å²) >= 11 is 0.0893. The number of aliphatic hydroxyl groups excluding tert-OH is 1. The average Bonchev–Trinajstić information content (AvgIpc) is 2.84. The van der Waals surface area contributed by atoms with Crippen LogP contribution in [-0.2, 0) is 22.7 Å². The predicted molar refractivity (Wildman–Crippen MR) is 140 cm³/mol. The topological polar surface area (TPSA) is 132 Å². The van der Waals surface area contributed by atoms with Crippen molar-refractivity contribution in [3.8, 4) is 0 Å². The molecule has 0 rings (SSSR count). The quantitative estimate of drug-likeness (QED) is 0.0448. The third-order valence-corrected chi connectivity index (χ3v) is 8.17. The molecule has 35 heavy (non-hydrogen) atoms. The first-order valence-electron chi connectivity index (χ1n) is 13.0. The van der Waals surface area contributed by atoms with E-state index in [1.807, 2.05) is 0 Å². The molecule has 0 radical (unpaired) electrons. The van der Waals surface area contributed by atoms with Gasteiger partial charge in [-0.3, -0.25) is 0 Å². The SMILES string of the molecule is CCCCCCCCCCCCCCCCCCOCC(OC)(OC)C(O)SOP(=O)(O)C(=O)O. The van der Waals surface area contributed by atoms with Crippen LogP contribution in [0.3, 0.4) is 0 Å². The average molecular weight is 545 g/mol. The van der Waals surface area contributed by atoms with Crippen molar-refractivity contribution in [3.63, 3.8) is 0 Å². The number of hydrogen-bond acceptors (Lipinski definition) is 8. The first-order valence-corrected chi connectivity index (χ1v) is 15.4. The van der Waals surface area contributed by atoms with Gasteiger partial charge >= 0.3 is 13.3 Å². The molecule has 2 unspecified atom stereocenters. The standard InChI is InChI=1S/C24H49O9PS/c1-4-5-6-7-8-9-10-11-12-13-14-15-16-17-18-19-20-32-21-24(30-2,31-3)22(25)35-33-34(28,29)23(26)27/h22,25H,4-21H2,1-3H3,(H,26,27)(H,28,29). The van der Waals surface area contributed by atoms with Gasteiger partial charge in [0.25, 0.3) is 0 Å². The second-order valence-corrected chi connectivity index (χ2v) is 11.6. The molecule has 210 valence electrons. The largest absolute Gasteiger partial charge is 0.472 e. The fraction of sp³-hybridized carbons (Fsp3) is 0.958. The maximum absolute atomic E-state index is 11.3. The lowest BCUT2D eigenvalue weighted by Crippen LogP contribution is -2.48. The van der Waals surface area contributed by atoms with Gasteiger partial charge in [-0.15, -0.1) is 0 Å². The third kappa shape index (κ3) is 17.0. The van der Waals surface area contributed by atoms with Gasteiger partial charge in [0.05, 0.1) is 0 Å². The van der Waals surface area contributed by atoms with E-state index in [4.69, 9.17) is 19.3 Å². The molecule has 11 heteroatoms. The fourth-order valence-electron chi connectivity index (χ4n) is 3.65. The summed E-state index contributed by atoms with van der Waals surface area (Å²) in [5.74, 6) is -1.67. The summed E-state index contributed by atoms with van der Waals surface area (Å²) in [6.45, 7) is 2.55. The second-order valence-electron chi connectivity index (χ2n) is 8.90. The van der Waals surface area contributed by atoms with E-state index < -0.39 is 24.5 Å². The maximum Gasteiger partial charge on any atom is 0.446 e. The van der Waals surface area contributed by atoms with Gasteiger partial charge < -0.3 is 29.3 Å². The van der Waals surface area contributed by atoms with Crippen LogP contribution in [0.15, 0.2) is 0 Å². The van der Waals surface area contributed by atoms with E-state index in [2.05, 4.69) is 10.9 Å². The van der Waals surface area contributed by atoms with Crippen molar-refractivity contribution < 1.29 is 42.6 Å². The molecule has 3 N–H and O–H groups in total. The molecule has 0 saturated carbocycles. The van der Waals surface area contributed by atoms with E-state index in [1.54, 1.807) is 0 Å². The molecule has 0 amide bonds. The van der Waals surface area contributed by atoms with E-state index >= 15 is 0 Å². The summed E-state index contributed by atoms with van der Waals surface area (Å²) in [6, 6.07) is 0. The minimum atomic E-state index is -4.91. The van der Waals surface area contributed by atoms with Gasteiger partial charge in [-0.1, -0.05) is 103 Å². The van der Waals surface area contributed by atoms with Crippen molar-refractivity contribution in [1.29, 1.82) is 0 Å². The molecule has 0 fully saturated rings. The van der Waals surface area contributed by atoms with Gasteiger partial charge in [-0.05, 0) is 6.42 Å². The smallest absolute Gasteiger partial charge is 0.446 e. The lowest BCUT2D eigenvalue weighted by molar-refractivity contribution is -0.261. The van der Waals surface area contributed by atoms with Gasteiger partial charge in [0.15, 0.2) is 5.44 Å². The van der Waals surface area contributed by atoms with Gasteiger partial charge in [-0.25, -0.2) is 13.3 Å². The number of aliphatic hydroxyl groups is 1. The Labute approximate surface area is 216 Å². The van der Waals surface area contributed by atoms with Crippen LogP contribution in [0.25, 0.3) is 0 Å². The highest BCUT2D eigenvalue weighted by molar-refractivity contribution is 8.00. The van der Waals surface area contributed by atoms with Crippen LogP contribution < -0.4 is 0 Å². The van der Waals surface area contributed by atoms with Gasteiger partial charge in [0.1, 0.15) is 6.61 Å². The highest BCUT2D eigenvalue weighted by Gasteiger charge is 2.43. The lowest BCUT2D eigenvalue weighted by atomic mass is 10.0. The molecule has 0 aliphatic carbocycles. The molecule has 0 bridgehead atoms. The molecule has 0 aromatic heterocycles. The Bertz CT molecular complexity index is 561. The first-order chi connectivity index (χ1) is 16.8. The Kier molecular flexibility index (Phi) is 21.7. The Balaban J connectivity index is 3.75. The number of rotatable bonds is 26. The lowest BCUT2D eigenvalue weighted by Gasteiger charge is -2.33. The molecule has 9 nitrogen and oxygen atoms in total. The third-order valence-electron chi connectivity index (χ3n) is 5.99. The fourth-order valence-corrected chi connectivity index (χ4v) is 5.10. The van der Waals surface area contributed by atoms with Crippen LogP contribution in [0.1, 0.15) is 110 Å². The van der Waals surface area contributed by atoms with Gasteiger partial charge in [0.2, 0.25) is 5.79 Å². The summed E-state index contributed by atoms with van der Waals surface area (Å²) in [5.41, 5.74) is -3.62. The number of hydrogen-bond donors (Lipinski definition) is 3. The zero-order valence-electron chi connectivity index (χ0n) is 22.0. The number of unbranched alkanes of at least 4 members (excludes halogenated alkanes) is 15. The van der Waals surface area contributed by atoms with Crippen LogP contribution in [0, 0.1) is 0 Å². The monoisotopic (exact) mass is 544 g/mol. The Morgan fingerprint density at radius 1 is 0.829 bits per heavy atom. The molecule has 0 aromatic carbocycles. The Morgan fingerprint density at radius 3 is 1.60 bits per heavy atom. The van der Waals surface area contributed by atoms with Gasteiger partial charge in [-0.2, -0.15) is 0 Å². The summed E-state index contributed by atoms with van der Waals surface area (Å²) in [7, 11) is -2.35. The summed E-state index contributed by atoms with van der Waals surface area (Å²) in [4.78, 5) is 19.8. The highest BCUT2D eigenvalue weighted by atomic mass is 32.2. The van der Waals surface area contributed by atoms with Crippen LogP contribution >= 0.6 is 19.6 Å². The van der Waals surface area contributed by atoms with E-state index in [0.29, 0.717) is 6.61 Å². The number of carbonyl (C=O) groups is 1. The van der Waals surface area contributed by atoms with Crippen LogP contribution in [-0.4, -0.2) is 59.5 Å². The molecule has 0 heterocycles. The number of carboxylic acid groups (broad SMARTS) is 1. The van der Waals surface area contributed by atoms with Crippen molar-refractivity contribution in [2.24, 2.45) is 0 Å². The van der Waals surface area contributed by atoms with Crippen molar-refractivity contribution in [3.05, 3.63) is 0 Å². The molecular formula is C24H49O9PS. The molecule has 2 atom stereocenters. The maximum atomic E-state index is 11.3. The molecule has 0 saturated heterocycles. The molecule has 0 spiro atoms. The van der Waals surface area contributed by atoms with Gasteiger partial charge in [0, 0.05) is 32.9 Å². The molecular weight excluding hydrogens is 495 g/mol. The van der Waals surface area contributed by atoms with Crippen LogP contribution in [0.4, 0.5) is 4.79 Å². The Hall–Kier alpha value is -0.190. The van der Waals surface area contributed by atoms with E-state index in [1.165, 1.54) is 97.7 Å². The van der Waals surface area contributed by atoms with Crippen LogP contribution in [0.5, 0.6) is 0 Å². The zero-order chi connectivity index (χ0) is 26.4. The van der Waals surface area contributed by atoms with Crippen molar-refractivity contribution in [2.75, 3.05) is 27.4 Å². The summed E-state index contributed by atoms with van der Waals surface area (Å²) in [5, 5.41) is 18.9. The van der Waals surface area contributed by atoms with Crippen molar-refractivity contribution in [1.82, 2.24) is 0 Å². The van der Waals surface area contributed by atoms with E-state index in [0.717, 1.165) is 19.3 Å². The predicted octanol–water partition coefficient (Wildman–Crippen LogP) is 7.10. The number of methoxy groups -OCH3 is 2. The zero-order valence-corrected chi connectivity index (χ0v) is 23.7. The summed E-state index contributed by atoms with van der Waals surface area (Å²) < 4.78 is 31.7.